The van der Waals surface area contributed by atoms with Crippen LogP contribution in [0.2, 0.25) is 0 Å². The van der Waals surface area contributed by atoms with Crippen LogP contribution in [0.15, 0.2) is 0 Å². The number of hydrogen-bond donors (Lipinski definition) is 3. The number of phosphoric ester groups is 2. The third-order valence-electron chi connectivity index (χ3n) is 18.8. The predicted octanol–water partition coefficient (Wildman–Crippen LogP) is 24.0. The molecule has 588 valence electrons. The Morgan fingerprint density at radius 2 is 0.465 bits per heavy atom. The first-order valence-electron chi connectivity index (χ1n) is 41.6. The molecule has 0 aromatic carbocycles. The minimum absolute atomic E-state index is 0.108. The number of aliphatic hydroxyl groups excluding tert-OH is 1. The van der Waals surface area contributed by atoms with Gasteiger partial charge < -0.3 is 33.8 Å². The Bertz CT molecular complexity index is 1890. The number of unbranched alkanes of at least 4 members (excludes halogenated alkanes) is 52. The van der Waals surface area contributed by atoms with Crippen LogP contribution in [-0.2, 0) is 65.4 Å². The summed E-state index contributed by atoms with van der Waals surface area (Å²) in [5.74, 6) is -1.28. The highest BCUT2D eigenvalue weighted by atomic mass is 31.2. The van der Waals surface area contributed by atoms with E-state index in [4.69, 9.17) is 37.0 Å². The molecule has 0 rings (SSSR count). The topological polar surface area (TPSA) is 237 Å². The summed E-state index contributed by atoms with van der Waals surface area (Å²) in [5.41, 5.74) is 0. The highest BCUT2D eigenvalue weighted by Gasteiger charge is 2.30. The second kappa shape index (κ2) is 73.0. The Hall–Kier alpha value is -1.94. The van der Waals surface area contributed by atoms with Crippen molar-refractivity contribution in [1.29, 1.82) is 0 Å². The van der Waals surface area contributed by atoms with Crippen molar-refractivity contribution >= 4 is 39.5 Å². The van der Waals surface area contributed by atoms with E-state index in [1.54, 1.807) is 0 Å². The molecule has 0 saturated carbocycles. The van der Waals surface area contributed by atoms with Crippen LogP contribution >= 0.6 is 15.6 Å². The lowest BCUT2D eigenvalue weighted by Gasteiger charge is -2.21. The van der Waals surface area contributed by atoms with Gasteiger partial charge in [0, 0.05) is 25.7 Å². The fraction of sp³-hybridized carbons (Fsp3) is 0.950. The Balaban J connectivity index is 5.22. The number of ether oxygens (including phenoxy) is 4. The summed E-state index contributed by atoms with van der Waals surface area (Å²) in [4.78, 5) is 73.0. The van der Waals surface area contributed by atoms with Crippen molar-refractivity contribution in [3.05, 3.63) is 0 Å². The highest BCUT2D eigenvalue weighted by molar-refractivity contribution is 7.47. The second-order valence-electron chi connectivity index (χ2n) is 29.3. The van der Waals surface area contributed by atoms with Crippen LogP contribution in [0.25, 0.3) is 0 Å². The van der Waals surface area contributed by atoms with Crippen LogP contribution in [0, 0.1) is 5.92 Å². The number of hydrogen-bond acceptors (Lipinski definition) is 15. The zero-order chi connectivity index (χ0) is 72.7. The Kier molecular flexibility index (Phi) is 71.6. The second-order valence-corrected chi connectivity index (χ2v) is 32.2. The third-order valence-corrected chi connectivity index (χ3v) is 20.7. The van der Waals surface area contributed by atoms with Crippen LogP contribution < -0.4 is 0 Å². The van der Waals surface area contributed by atoms with Crippen molar-refractivity contribution in [2.24, 2.45) is 5.92 Å². The first kappa shape index (κ1) is 97.1. The number of carbonyl (C=O) groups excluding carboxylic acids is 4. The Morgan fingerprint density at radius 1 is 0.273 bits per heavy atom. The summed E-state index contributed by atoms with van der Waals surface area (Å²) >= 11 is 0. The lowest BCUT2D eigenvalue weighted by Crippen LogP contribution is -2.30. The zero-order valence-electron chi connectivity index (χ0n) is 64.6. The predicted molar refractivity (Wildman–Crippen MR) is 405 cm³/mol. The summed E-state index contributed by atoms with van der Waals surface area (Å²) in [7, 11) is -9.92. The molecule has 0 fully saturated rings. The first-order valence-corrected chi connectivity index (χ1v) is 44.6. The molecule has 0 aromatic heterocycles. The van der Waals surface area contributed by atoms with E-state index in [1.807, 2.05) is 0 Å². The molecule has 0 aliphatic rings. The van der Waals surface area contributed by atoms with Gasteiger partial charge in [0.05, 0.1) is 26.4 Å². The third kappa shape index (κ3) is 74.1. The van der Waals surface area contributed by atoms with Gasteiger partial charge in [-0.05, 0) is 31.6 Å². The van der Waals surface area contributed by atoms with Crippen LogP contribution in [-0.4, -0.2) is 96.7 Å². The Labute approximate surface area is 607 Å². The Morgan fingerprint density at radius 3 is 0.687 bits per heavy atom. The van der Waals surface area contributed by atoms with Gasteiger partial charge in [0.15, 0.2) is 12.2 Å². The van der Waals surface area contributed by atoms with Crippen LogP contribution in [0.5, 0.6) is 0 Å². The van der Waals surface area contributed by atoms with Crippen molar-refractivity contribution in [2.75, 3.05) is 39.6 Å². The van der Waals surface area contributed by atoms with Crippen LogP contribution in [0.3, 0.4) is 0 Å². The SMILES string of the molecule is CCCCCCCCCCCCCCCC(=O)OC[C@H](COP(=O)(O)OC[C@@H](O)COP(=O)(O)OC[C@@H](COC(=O)CCCCCCCCCCCCCC)OC(=O)CCCCCCCCCCCCCCC)OC(=O)CCCCCCCCCCCCCCCCCCCCC(C)C. The molecule has 99 heavy (non-hydrogen) atoms. The molecule has 0 spiro atoms. The molecule has 0 aliphatic carbocycles. The minimum atomic E-state index is -4.96. The largest absolute Gasteiger partial charge is 0.472 e. The molecular formula is C80H156O17P2. The van der Waals surface area contributed by atoms with Gasteiger partial charge in [-0.3, -0.25) is 37.3 Å². The molecule has 0 heterocycles. The molecule has 5 atom stereocenters. The van der Waals surface area contributed by atoms with Gasteiger partial charge in [0.1, 0.15) is 19.3 Å². The maximum atomic E-state index is 13.1. The molecule has 2 unspecified atom stereocenters. The smallest absolute Gasteiger partial charge is 0.462 e. The molecular weight excluding hydrogens is 1290 g/mol. The van der Waals surface area contributed by atoms with E-state index in [2.05, 4.69) is 34.6 Å². The lowest BCUT2D eigenvalue weighted by molar-refractivity contribution is -0.161. The molecule has 0 amide bonds. The normalized spacial score (nSPS) is 13.9. The molecule has 17 nitrogen and oxygen atoms in total. The number of aliphatic hydroxyl groups is 1. The lowest BCUT2D eigenvalue weighted by atomic mass is 10.0. The van der Waals surface area contributed by atoms with Crippen molar-refractivity contribution in [2.45, 2.75) is 445 Å². The van der Waals surface area contributed by atoms with Gasteiger partial charge in [-0.15, -0.1) is 0 Å². The van der Waals surface area contributed by atoms with Crippen molar-refractivity contribution in [3.63, 3.8) is 0 Å². The summed E-state index contributed by atoms with van der Waals surface area (Å²) in [5, 5.41) is 10.6. The van der Waals surface area contributed by atoms with Gasteiger partial charge in [-0.2, -0.15) is 0 Å². The molecule has 0 bridgehead atoms. The van der Waals surface area contributed by atoms with Crippen LogP contribution in [0.4, 0.5) is 0 Å². The minimum Gasteiger partial charge on any atom is -0.462 e. The molecule has 19 heteroatoms. The van der Waals surface area contributed by atoms with Crippen LogP contribution in [0.1, 0.15) is 426 Å². The average molecular weight is 1450 g/mol. The summed E-state index contributed by atoms with van der Waals surface area (Å²) in [6.07, 6.45) is 63.7. The summed E-state index contributed by atoms with van der Waals surface area (Å²) in [6.45, 7) is 7.36. The van der Waals surface area contributed by atoms with E-state index in [9.17, 15) is 43.2 Å². The van der Waals surface area contributed by atoms with E-state index in [1.165, 1.54) is 250 Å². The van der Waals surface area contributed by atoms with Gasteiger partial charge in [-0.25, -0.2) is 9.13 Å². The van der Waals surface area contributed by atoms with Crippen molar-refractivity contribution in [3.8, 4) is 0 Å². The fourth-order valence-corrected chi connectivity index (χ4v) is 14.0. The first-order chi connectivity index (χ1) is 48.0. The van der Waals surface area contributed by atoms with E-state index >= 15 is 0 Å². The quantitative estimate of drug-likeness (QED) is 0.0222. The standard InChI is InChI=1S/C80H156O17P2/c1-6-9-12-15-18-21-24-33-39-44-49-54-59-64-78(83)91-70-76(97-80(85)66-61-56-51-46-41-36-32-30-28-27-29-31-35-37-42-47-52-57-62-73(4)5)72-95-99(88,89)93-68-74(81)67-92-98(86,87)94-71-75(69-90-77(82)63-58-53-48-43-38-26-23-20-17-14-11-8-3)96-79(84)65-60-55-50-45-40-34-25-22-19-16-13-10-7-2/h73-76,81H,6-72H2,1-5H3,(H,86,87)(H,88,89)/t74-,75+,76+/m0/s1. The fourth-order valence-electron chi connectivity index (χ4n) is 12.4. The summed E-state index contributed by atoms with van der Waals surface area (Å²) < 4.78 is 68.7. The van der Waals surface area contributed by atoms with Gasteiger partial charge >= 0.3 is 39.5 Å². The van der Waals surface area contributed by atoms with Crippen molar-refractivity contribution < 1.29 is 80.2 Å². The van der Waals surface area contributed by atoms with Gasteiger partial charge in [0.2, 0.25) is 0 Å². The van der Waals surface area contributed by atoms with Gasteiger partial charge in [-0.1, -0.05) is 375 Å². The van der Waals surface area contributed by atoms with Gasteiger partial charge in [0.25, 0.3) is 0 Å². The number of phosphoric acid groups is 2. The average Bonchev–Trinajstić information content (AvgIpc) is 1.99. The summed E-state index contributed by atoms with van der Waals surface area (Å²) in [6, 6.07) is 0. The maximum absolute atomic E-state index is 13.1. The maximum Gasteiger partial charge on any atom is 0.472 e. The molecule has 0 aliphatic heterocycles. The van der Waals surface area contributed by atoms with Crippen molar-refractivity contribution in [1.82, 2.24) is 0 Å². The number of esters is 4. The van der Waals surface area contributed by atoms with E-state index in [0.717, 1.165) is 95.8 Å². The number of rotatable bonds is 80. The van der Waals surface area contributed by atoms with E-state index in [-0.39, 0.29) is 25.7 Å². The van der Waals surface area contributed by atoms with E-state index in [0.29, 0.717) is 25.7 Å². The molecule has 3 N–H and O–H groups in total. The molecule has 0 aromatic rings. The molecule has 0 saturated heterocycles. The monoisotopic (exact) mass is 1450 g/mol. The van der Waals surface area contributed by atoms with E-state index < -0.39 is 97.5 Å². The number of carbonyl (C=O) groups is 4. The highest BCUT2D eigenvalue weighted by Crippen LogP contribution is 2.45. The zero-order valence-corrected chi connectivity index (χ0v) is 66.4. The molecule has 0 radical (unpaired) electrons.